The van der Waals surface area contributed by atoms with Crippen LogP contribution in [0.25, 0.3) is 0 Å². The van der Waals surface area contributed by atoms with E-state index in [4.69, 9.17) is 0 Å². The summed E-state index contributed by atoms with van der Waals surface area (Å²) in [5, 5.41) is 7.11. The molecule has 17 heavy (non-hydrogen) atoms. The predicted octanol–water partition coefficient (Wildman–Crippen LogP) is 2.82. The topological polar surface area (TPSA) is 24.1 Å². The third-order valence-electron chi connectivity index (χ3n) is 3.34. The Kier molecular flexibility index (Phi) is 4.06. The first-order valence-corrected chi connectivity index (χ1v) is 6.69. The fourth-order valence-electron chi connectivity index (χ4n) is 2.39. The monoisotopic (exact) mass is 232 g/mol. The van der Waals surface area contributed by atoms with E-state index in [0.29, 0.717) is 0 Å². The summed E-state index contributed by atoms with van der Waals surface area (Å²) in [4.78, 5) is 0. The van der Waals surface area contributed by atoms with Gasteiger partial charge in [0.05, 0.1) is 0 Å². The molecule has 0 radical (unpaired) electrons. The Morgan fingerprint density at radius 2 is 2.24 bits per heavy atom. The SMILES string of the molecule is Cc1ccc2c(c1)NCC(CNCC(C)C)C2. The Morgan fingerprint density at radius 3 is 3.00 bits per heavy atom. The van der Waals surface area contributed by atoms with Crippen molar-refractivity contribution in [1.29, 1.82) is 0 Å². The molecule has 1 aromatic carbocycles. The van der Waals surface area contributed by atoms with Crippen molar-refractivity contribution in [3.05, 3.63) is 29.3 Å². The molecule has 1 unspecified atom stereocenters. The van der Waals surface area contributed by atoms with Crippen LogP contribution < -0.4 is 10.6 Å². The largest absolute Gasteiger partial charge is 0.384 e. The van der Waals surface area contributed by atoms with Crippen molar-refractivity contribution in [2.45, 2.75) is 27.2 Å². The lowest BCUT2D eigenvalue weighted by Gasteiger charge is -2.27. The maximum atomic E-state index is 3.56. The number of hydrogen-bond acceptors (Lipinski definition) is 2. The molecule has 0 spiro atoms. The van der Waals surface area contributed by atoms with Crippen molar-refractivity contribution in [3.63, 3.8) is 0 Å². The zero-order chi connectivity index (χ0) is 12.3. The first-order valence-electron chi connectivity index (χ1n) is 6.69. The van der Waals surface area contributed by atoms with Crippen molar-refractivity contribution in [1.82, 2.24) is 5.32 Å². The second-order valence-corrected chi connectivity index (χ2v) is 5.66. The lowest BCUT2D eigenvalue weighted by Crippen LogP contribution is -2.34. The fraction of sp³-hybridized carbons (Fsp3) is 0.600. The minimum Gasteiger partial charge on any atom is -0.384 e. The highest BCUT2D eigenvalue weighted by Crippen LogP contribution is 2.25. The lowest BCUT2D eigenvalue weighted by molar-refractivity contribution is 0.455. The van der Waals surface area contributed by atoms with E-state index in [1.165, 1.54) is 23.2 Å². The summed E-state index contributed by atoms with van der Waals surface area (Å²) in [6, 6.07) is 6.74. The second kappa shape index (κ2) is 5.54. The smallest absolute Gasteiger partial charge is 0.0375 e. The molecule has 2 rings (SSSR count). The van der Waals surface area contributed by atoms with Crippen molar-refractivity contribution in [3.8, 4) is 0 Å². The number of nitrogens with one attached hydrogen (secondary N) is 2. The van der Waals surface area contributed by atoms with Gasteiger partial charge >= 0.3 is 0 Å². The molecule has 0 aromatic heterocycles. The van der Waals surface area contributed by atoms with Crippen molar-refractivity contribution >= 4 is 5.69 Å². The van der Waals surface area contributed by atoms with Gasteiger partial charge in [-0.1, -0.05) is 26.0 Å². The van der Waals surface area contributed by atoms with Gasteiger partial charge in [0.1, 0.15) is 0 Å². The molecule has 0 aliphatic carbocycles. The summed E-state index contributed by atoms with van der Waals surface area (Å²) in [5.74, 6) is 1.46. The van der Waals surface area contributed by atoms with Crippen LogP contribution in [-0.2, 0) is 6.42 Å². The van der Waals surface area contributed by atoms with Crippen LogP contribution >= 0.6 is 0 Å². The zero-order valence-electron chi connectivity index (χ0n) is 11.2. The number of rotatable bonds is 4. The van der Waals surface area contributed by atoms with Crippen LogP contribution in [0, 0.1) is 18.8 Å². The molecule has 1 heterocycles. The van der Waals surface area contributed by atoms with E-state index < -0.39 is 0 Å². The standard InChI is InChI=1S/C15H24N2/c1-11(2)8-16-9-13-7-14-5-4-12(3)6-15(14)17-10-13/h4-6,11,13,16-17H,7-10H2,1-3H3. The van der Waals surface area contributed by atoms with Gasteiger partial charge in [-0.05, 0) is 55.5 Å². The summed E-state index contributed by atoms with van der Waals surface area (Å²) in [6.45, 7) is 10.0. The first kappa shape index (κ1) is 12.4. The molecule has 1 aliphatic rings. The van der Waals surface area contributed by atoms with Gasteiger partial charge in [-0.2, -0.15) is 0 Å². The Bertz CT molecular complexity index is 371. The Morgan fingerprint density at radius 1 is 1.41 bits per heavy atom. The molecule has 0 fully saturated rings. The van der Waals surface area contributed by atoms with Crippen LogP contribution in [0.5, 0.6) is 0 Å². The Hall–Kier alpha value is -1.02. The zero-order valence-corrected chi connectivity index (χ0v) is 11.2. The molecule has 2 N–H and O–H groups in total. The van der Waals surface area contributed by atoms with Gasteiger partial charge in [-0.3, -0.25) is 0 Å². The number of benzene rings is 1. The molecule has 1 aromatic rings. The maximum absolute atomic E-state index is 3.56. The maximum Gasteiger partial charge on any atom is 0.0375 e. The van der Waals surface area contributed by atoms with Gasteiger partial charge in [0, 0.05) is 12.2 Å². The average Bonchev–Trinajstić information content (AvgIpc) is 2.29. The predicted molar refractivity (Wildman–Crippen MR) is 74.6 cm³/mol. The normalized spacial score (nSPS) is 18.9. The molecule has 1 atom stereocenters. The van der Waals surface area contributed by atoms with Gasteiger partial charge in [0.2, 0.25) is 0 Å². The van der Waals surface area contributed by atoms with Crippen LogP contribution in [0.4, 0.5) is 5.69 Å². The number of hydrogen-bond donors (Lipinski definition) is 2. The summed E-state index contributed by atoms with van der Waals surface area (Å²) in [5.41, 5.74) is 4.15. The van der Waals surface area contributed by atoms with Gasteiger partial charge < -0.3 is 10.6 Å². The minimum absolute atomic E-state index is 0.726. The molecule has 2 heteroatoms. The minimum atomic E-state index is 0.726. The van der Waals surface area contributed by atoms with Gasteiger partial charge in [-0.15, -0.1) is 0 Å². The molecule has 0 saturated carbocycles. The second-order valence-electron chi connectivity index (χ2n) is 5.66. The van der Waals surface area contributed by atoms with Crippen LogP contribution in [0.1, 0.15) is 25.0 Å². The highest BCUT2D eigenvalue weighted by Gasteiger charge is 2.17. The van der Waals surface area contributed by atoms with Crippen molar-refractivity contribution in [2.24, 2.45) is 11.8 Å². The molecule has 2 nitrogen and oxygen atoms in total. The summed E-state index contributed by atoms with van der Waals surface area (Å²) in [7, 11) is 0. The Balaban J connectivity index is 1.88. The van der Waals surface area contributed by atoms with Gasteiger partial charge in [-0.25, -0.2) is 0 Å². The summed E-state index contributed by atoms with van der Waals surface area (Å²) < 4.78 is 0. The van der Waals surface area contributed by atoms with E-state index in [1.807, 2.05) is 0 Å². The highest BCUT2D eigenvalue weighted by atomic mass is 14.9. The quantitative estimate of drug-likeness (QED) is 0.834. The van der Waals surface area contributed by atoms with E-state index in [2.05, 4.69) is 49.6 Å². The van der Waals surface area contributed by atoms with E-state index in [9.17, 15) is 0 Å². The van der Waals surface area contributed by atoms with Crippen LogP contribution in [0.3, 0.4) is 0 Å². The third kappa shape index (κ3) is 3.47. The summed E-state index contributed by atoms with van der Waals surface area (Å²) >= 11 is 0. The molecular formula is C15H24N2. The molecule has 0 bridgehead atoms. The molecule has 1 aliphatic heterocycles. The lowest BCUT2D eigenvalue weighted by atomic mass is 9.93. The fourth-order valence-corrected chi connectivity index (χ4v) is 2.39. The number of anilines is 1. The van der Waals surface area contributed by atoms with E-state index in [-0.39, 0.29) is 0 Å². The van der Waals surface area contributed by atoms with Crippen LogP contribution in [-0.4, -0.2) is 19.6 Å². The summed E-state index contributed by atoms with van der Waals surface area (Å²) in [6.07, 6.45) is 1.20. The van der Waals surface area contributed by atoms with Gasteiger partial charge in [0.25, 0.3) is 0 Å². The highest BCUT2D eigenvalue weighted by molar-refractivity contribution is 5.55. The van der Waals surface area contributed by atoms with E-state index >= 15 is 0 Å². The van der Waals surface area contributed by atoms with E-state index in [0.717, 1.165) is 31.5 Å². The van der Waals surface area contributed by atoms with Crippen LogP contribution in [0.2, 0.25) is 0 Å². The third-order valence-corrected chi connectivity index (χ3v) is 3.34. The average molecular weight is 232 g/mol. The van der Waals surface area contributed by atoms with Gasteiger partial charge in [0.15, 0.2) is 0 Å². The number of fused-ring (bicyclic) bond motifs is 1. The molecule has 0 amide bonds. The Labute approximate surface area is 105 Å². The first-order chi connectivity index (χ1) is 8.15. The van der Waals surface area contributed by atoms with Crippen LogP contribution in [0.15, 0.2) is 18.2 Å². The van der Waals surface area contributed by atoms with Crippen molar-refractivity contribution in [2.75, 3.05) is 25.0 Å². The number of aryl methyl sites for hydroxylation is 1. The molecule has 0 saturated heterocycles. The molecular weight excluding hydrogens is 208 g/mol. The van der Waals surface area contributed by atoms with E-state index in [1.54, 1.807) is 0 Å². The molecule has 94 valence electrons. The van der Waals surface area contributed by atoms with Crippen molar-refractivity contribution < 1.29 is 0 Å².